The predicted molar refractivity (Wildman–Crippen MR) is 107 cm³/mol. The Labute approximate surface area is 164 Å². The topological polar surface area (TPSA) is 46.5 Å². The van der Waals surface area contributed by atoms with Crippen molar-refractivity contribution >= 4 is 5.97 Å². The van der Waals surface area contributed by atoms with Crippen molar-refractivity contribution in [2.75, 3.05) is 6.61 Å². The van der Waals surface area contributed by atoms with Crippen LogP contribution in [-0.2, 0) is 9.53 Å². The van der Waals surface area contributed by atoms with Crippen LogP contribution in [0.1, 0.15) is 79.1 Å². The summed E-state index contributed by atoms with van der Waals surface area (Å²) < 4.78 is 5.37. The summed E-state index contributed by atoms with van der Waals surface area (Å²) in [6.07, 6.45) is 11.9. The molecule has 0 unspecified atom stereocenters. The van der Waals surface area contributed by atoms with Crippen LogP contribution in [0.25, 0.3) is 0 Å². The van der Waals surface area contributed by atoms with Gasteiger partial charge in [0.15, 0.2) is 0 Å². The summed E-state index contributed by atoms with van der Waals surface area (Å²) >= 11 is 0. The van der Waals surface area contributed by atoms with Crippen LogP contribution in [0.2, 0.25) is 0 Å². The Morgan fingerprint density at radius 3 is 2.74 bits per heavy atom. The predicted octanol–water partition coefficient (Wildman–Crippen LogP) is 5.13. The number of hydrogen-bond acceptors (Lipinski definition) is 3. The van der Waals surface area contributed by atoms with Gasteiger partial charge in [-0.25, -0.2) is 0 Å². The maximum Gasteiger partial charge on any atom is 0.302 e. The highest BCUT2D eigenvalue weighted by atomic mass is 16.5. The SMILES string of the molecule is CC(=O)OC[C@@H](C)[C@H]1CC[C@H]2[C@@H]3CC=C4C[C@@H](O)CC[C@]4(C)[C@H]3CC[C@]12C. The Morgan fingerprint density at radius 2 is 2.00 bits per heavy atom. The van der Waals surface area contributed by atoms with Crippen LogP contribution < -0.4 is 0 Å². The zero-order valence-corrected chi connectivity index (χ0v) is 17.7. The first-order valence-corrected chi connectivity index (χ1v) is 11.3. The van der Waals surface area contributed by atoms with E-state index in [2.05, 4.69) is 26.8 Å². The molecule has 8 atom stereocenters. The van der Waals surface area contributed by atoms with Crippen molar-refractivity contribution in [1.29, 1.82) is 0 Å². The molecule has 27 heavy (non-hydrogen) atoms. The monoisotopic (exact) mass is 374 g/mol. The van der Waals surface area contributed by atoms with Gasteiger partial charge in [-0.15, -0.1) is 0 Å². The number of ether oxygens (including phenoxy) is 1. The lowest BCUT2D eigenvalue weighted by Crippen LogP contribution is -2.51. The lowest BCUT2D eigenvalue weighted by atomic mass is 9.47. The molecule has 152 valence electrons. The van der Waals surface area contributed by atoms with Gasteiger partial charge in [-0.1, -0.05) is 32.4 Å². The van der Waals surface area contributed by atoms with E-state index in [-0.39, 0.29) is 12.1 Å². The molecular formula is C24H38O3. The van der Waals surface area contributed by atoms with Gasteiger partial charge < -0.3 is 9.84 Å². The van der Waals surface area contributed by atoms with E-state index < -0.39 is 0 Å². The number of aliphatic hydroxyl groups excluding tert-OH is 1. The molecule has 0 amide bonds. The summed E-state index contributed by atoms with van der Waals surface area (Å²) in [7, 11) is 0. The quantitative estimate of drug-likeness (QED) is 0.550. The van der Waals surface area contributed by atoms with E-state index >= 15 is 0 Å². The molecule has 0 heterocycles. The molecule has 0 bridgehead atoms. The number of aliphatic hydroxyl groups is 1. The van der Waals surface area contributed by atoms with Gasteiger partial charge in [0.1, 0.15) is 0 Å². The molecule has 0 spiro atoms. The van der Waals surface area contributed by atoms with Gasteiger partial charge in [-0.2, -0.15) is 0 Å². The minimum Gasteiger partial charge on any atom is -0.466 e. The molecule has 4 rings (SSSR count). The highest BCUT2D eigenvalue weighted by molar-refractivity contribution is 5.65. The molecule has 1 N–H and O–H groups in total. The van der Waals surface area contributed by atoms with Crippen molar-refractivity contribution < 1.29 is 14.6 Å². The first kappa shape index (κ1) is 19.5. The number of allylic oxidation sites excluding steroid dienone is 1. The Kier molecular flexibility index (Phi) is 4.98. The Bertz CT molecular complexity index is 625. The van der Waals surface area contributed by atoms with Crippen LogP contribution in [0.4, 0.5) is 0 Å². The van der Waals surface area contributed by atoms with E-state index in [1.165, 1.54) is 39.0 Å². The van der Waals surface area contributed by atoms with Gasteiger partial charge in [0.05, 0.1) is 12.7 Å². The first-order chi connectivity index (χ1) is 12.8. The summed E-state index contributed by atoms with van der Waals surface area (Å²) in [6, 6.07) is 0. The van der Waals surface area contributed by atoms with Crippen molar-refractivity contribution in [3.8, 4) is 0 Å². The fraction of sp³-hybridized carbons (Fsp3) is 0.875. The number of fused-ring (bicyclic) bond motifs is 5. The van der Waals surface area contributed by atoms with Gasteiger partial charge in [0.25, 0.3) is 0 Å². The minimum absolute atomic E-state index is 0.118. The molecule has 0 radical (unpaired) electrons. The number of rotatable bonds is 3. The average Bonchev–Trinajstić information content (AvgIpc) is 2.97. The molecule has 4 aliphatic carbocycles. The smallest absolute Gasteiger partial charge is 0.302 e. The summed E-state index contributed by atoms with van der Waals surface area (Å²) in [6.45, 7) is 9.43. The summed E-state index contributed by atoms with van der Waals surface area (Å²) in [5.41, 5.74) is 2.28. The highest BCUT2D eigenvalue weighted by Gasteiger charge is 2.59. The highest BCUT2D eigenvalue weighted by Crippen LogP contribution is 2.67. The Hall–Kier alpha value is -0.830. The van der Waals surface area contributed by atoms with E-state index in [1.807, 2.05) is 0 Å². The third kappa shape index (κ3) is 3.09. The largest absolute Gasteiger partial charge is 0.466 e. The van der Waals surface area contributed by atoms with Gasteiger partial charge in [0, 0.05) is 6.92 Å². The van der Waals surface area contributed by atoms with E-state index in [0.717, 1.165) is 37.0 Å². The fourth-order valence-corrected chi connectivity index (χ4v) is 7.98. The molecule has 4 aliphatic rings. The van der Waals surface area contributed by atoms with Crippen LogP contribution in [0.15, 0.2) is 11.6 Å². The van der Waals surface area contributed by atoms with E-state index in [1.54, 1.807) is 5.57 Å². The van der Waals surface area contributed by atoms with E-state index in [9.17, 15) is 9.90 Å². The van der Waals surface area contributed by atoms with Crippen molar-refractivity contribution in [3.63, 3.8) is 0 Å². The second-order valence-electron chi connectivity index (χ2n) is 10.7. The molecule has 0 aromatic rings. The van der Waals surface area contributed by atoms with E-state index in [0.29, 0.717) is 29.3 Å². The van der Waals surface area contributed by atoms with Crippen molar-refractivity contribution in [3.05, 3.63) is 11.6 Å². The zero-order chi connectivity index (χ0) is 19.4. The lowest BCUT2D eigenvalue weighted by Gasteiger charge is -2.58. The number of hydrogen-bond donors (Lipinski definition) is 1. The van der Waals surface area contributed by atoms with Crippen molar-refractivity contribution in [2.24, 2.45) is 40.4 Å². The van der Waals surface area contributed by atoms with Gasteiger partial charge in [-0.05, 0) is 91.8 Å². The molecule has 0 aromatic carbocycles. The van der Waals surface area contributed by atoms with Gasteiger partial charge in [-0.3, -0.25) is 4.79 Å². The second-order valence-corrected chi connectivity index (χ2v) is 10.7. The third-order valence-electron chi connectivity index (χ3n) is 9.39. The van der Waals surface area contributed by atoms with Crippen LogP contribution >= 0.6 is 0 Å². The average molecular weight is 375 g/mol. The summed E-state index contributed by atoms with van der Waals surface area (Å²) in [5, 5.41) is 10.2. The Balaban J connectivity index is 1.54. The molecule has 0 aromatic heterocycles. The molecular weight excluding hydrogens is 336 g/mol. The Morgan fingerprint density at radius 1 is 1.22 bits per heavy atom. The fourth-order valence-electron chi connectivity index (χ4n) is 7.98. The minimum atomic E-state index is -0.150. The molecule has 3 saturated carbocycles. The first-order valence-electron chi connectivity index (χ1n) is 11.3. The molecule has 3 heteroatoms. The van der Waals surface area contributed by atoms with Crippen molar-refractivity contribution in [2.45, 2.75) is 85.2 Å². The lowest BCUT2D eigenvalue weighted by molar-refractivity contribution is -0.143. The number of esters is 1. The molecule has 3 nitrogen and oxygen atoms in total. The molecule has 3 fully saturated rings. The number of carbonyl (C=O) groups excluding carboxylic acids is 1. The zero-order valence-electron chi connectivity index (χ0n) is 17.7. The summed E-state index contributed by atoms with van der Waals surface area (Å²) in [5.74, 6) is 3.39. The van der Waals surface area contributed by atoms with Crippen LogP contribution in [0.5, 0.6) is 0 Å². The maximum atomic E-state index is 11.3. The van der Waals surface area contributed by atoms with Crippen molar-refractivity contribution in [1.82, 2.24) is 0 Å². The van der Waals surface area contributed by atoms with Crippen LogP contribution in [0.3, 0.4) is 0 Å². The normalized spacial score (nSPS) is 47.3. The second kappa shape index (κ2) is 6.90. The maximum absolute atomic E-state index is 11.3. The molecule has 0 saturated heterocycles. The summed E-state index contributed by atoms with van der Waals surface area (Å²) in [4.78, 5) is 11.3. The van der Waals surface area contributed by atoms with Gasteiger partial charge in [0.2, 0.25) is 0 Å². The third-order valence-corrected chi connectivity index (χ3v) is 9.39. The standard InChI is InChI=1S/C24H38O3/c1-15(14-27-16(2)25)20-7-8-21-19-6-5-17-13-18(26)9-11-23(17,3)22(19)10-12-24(20,21)4/h5,15,18-22,26H,6-14H2,1-4H3/t15-,18+,19+,20-,21+,22+,23+,24-/m1/s1. The number of carbonyl (C=O) groups is 1. The van der Waals surface area contributed by atoms with Crippen LogP contribution in [-0.4, -0.2) is 23.8 Å². The van der Waals surface area contributed by atoms with Crippen LogP contribution in [0, 0.1) is 40.4 Å². The molecule has 0 aliphatic heterocycles. The van der Waals surface area contributed by atoms with Gasteiger partial charge >= 0.3 is 5.97 Å². The van der Waals surface area contributed by atoms with E-state index in [4.69, 9.17) is 4.74 Å².